The lowest BCUT2D eigenvalue weighted by Crippen LogP contribution is -2.28. The molecule has 0 aliphatic carbocycles. The second-order valence-corrected chi connectivity index (χ2v) is 9.30. The van der Waals surface area contributed by atoms with Crippen LogP contribution >= 0.6 is 0 Å². The van der Waals surface area contributed by atoms with Crippen molar-refractivity contribution in [2.24, 2.45) is 11.8 Å². The van der Waals surface area contributed by atoms with Crippen LogP contribution in [0.3, 0.4) is 0 Å². The van der Waals surface area contributed by atoms with E-state index >= 15 is 0 Å². The number of sulfonamides is 1. The van der Waals surface area contributed by atoms with E-state index in [1.807, 2.05) is 19.1 Å². The zero-order valence-corrected chi connectivity index (χ0v) is 16.3. The van der Waals surface area contributed by atoms with Gasteiger partial charge in [-0.15, -0.1) is 0 Å². The van der Waals surface area contributed by atoms with Gasteiger partial charge in [-0.05, 0) is 55.4 Å². The molecule has 132 valence electrons. The SMILES string of the molecule is C=C(CC(C)C)/C(C)=C1/CN(S(=O)(=O)c2ccc(C)cc2)CC1C. The van der Waals surface area contributed by atoms with Crippen LogP contribution in [0.1, 0.15) is 39.7 Å². The highest BCUT2D eigenvalue weighted by molar-refractivity contribution is 7.89. The molecule has 1 aromatic carbocycles. The molecule has 0 aromatic heterocycles. The predicted octanol–water partition coefficient (Wildman–Crippen LogP) is 4.55. The zero-order valence-electron chi connectivity index (χ0n) is 15.5. The Bertz CT molecular complexity index is 742. The molecule has 0 amide bonds. The van der Waals surface area contributed by atoms with Crippen molar-refractivity contribution >= 4 is 10.0 Å². The average molecular weight is 348 g/mol. The van der Waals surface area contributed by atoms with Crippen molar-refractivity contribution in [1.82, 2.24) is 4.31 Å². The summed E-state index contributed by atoms with van der Waals surface area (Å²) in [5.74, 6) is 0.784. The summed E-state index contributed by atoms with van der Waals surface area (Å²) < 4.78 is 27.4. The highest BCUT2D eigenvalue weighted by Crippen LogP contribution is 2.33. The quantitative estimate of drug-likeness (QED) is 0.783. The molecule has 0 N–H and O–H groups in total. The number of nitrogens with zero attached hydrogens (tertiary/aromatic N) is 1. The van der Waals surface area contributed by atoms with Crippen molar-refractivity contribution in [3.63, 3.8) is 0 Å². The maximum atomic E-state index is 12.9. The van der Waals surface area contributed by atoms with Crippen LogP contribution in [0.15, 0.2) is 52.5 Å². The third-order valence-electron chi connectivity index (χ3n) is 4.74. The van der Waals surface area contributed by atoms with Gasteiger partial charge in [-0.1, -0.05) is 50.6 Å². The lowest BCUT2D eigenvalue weighted by molar-refractivity contribution is 0.464. The molecule has 1 saturated heterocycles. The maximum Gasteiger partial charge on any atom is 0.243 e. The maximum absolute atomic E-state index is 12.9. The average Bonchev–Trinajstić information content (AvgIpc) is 2.89. The highest BCUT2D eigenvalue weighted by Gasteiger charge is 2.34. The van der Waals surface area contributed by atoms with Crippen LogP contribution in [-0.2, 0) is 10.0 Å². The number of rotatable bonds is 5. The minimum absolute atomic E-state index is 0.231. The fourth-order valence-corrected chi connectivity index (χ4v) is 4.74. The fourth-order valence-electron chi connectivity index (χ4n) is 3.23. The summed E-state index contributed by atoms with van der Waals surface area (Å²) in [6, 6.07) is 7.08. The van der Waals surface area contributed by atoms with Gasteiger partial charge in [-0.2, -0.15) is 4.31 Å². The van der Waals surface area contributed by atoms with Crippen molar-refractivity contribution in [2.75, 3.05) is 13.1 Å². The van der Waals surface area contributed by atoms with Crippen LogP contribution in [0.2, 0.25) is 0 Å². The molecule has 24 heavy (non-hydrogen) atoms. The van der Waals surface area contributed by atoms with E-state index in [-0.39, 0.29) is 5.92 Å². The Balaban J connectivity index is 2.27. The van der Waals surface area contributed by atoms with Crippen molar-refractivity contribution in [3.8, 4) is 0 Å². The van der Waals surface area contributed by atoms with E-state index in [0.29, 0.717) is 23.9 Å². The molecule has 0 saturated carbocycles. The highest BCUT2D eigenvalue weighted by atomic mass is 32.2. The Morgan fingerprint density at radius 1 is 1.29 bits per heavy atom. The van der Waals surface area contributed by atoms with Gasteiger partial charge in [-0.3, -0.25) is 0 Å². The number of aryl methyl sites for hydroxylation is 1. The number of hydrogen-bond acceptors (Lipinski definition) is 2. The summed E-state index contributed by atoms with van der Waals surface area (Å²) in [6.07, 6.45) is 0.951. The van der Waals surface area contributed by atoms with Gasteiger partial charge < -0.3 is 0 Å². The first-order valence-corrected chi connectivity index (χ1v) is 10.0. The molecule has 0 spiro atoms. The number of hydrogen-bond donors (Lipinski definition) is 0. The molecular weight excluding hydrogens is 318 g/mol. The fraction of sp³-hybridized carbons (Fsp3) is 0.500. The predicted molar refractivity (Wildman–Crippen MR) is 100 cm³/mol. The Kier molecular flexibility index (Phi) is 5.71. The van der Waals surface area contributed by atoms with Crippen molar-refractivity contribution < 1.29 is 8.42 Å². The Hall–Kier alpha value is -1.39. The molecule has 1 unspecified atom stereocenters. The molecule has 1 aromatic rings. The summed E-state index contributed by atoms with van der Waals surface area (Å²) in [7, 11) is -3.43. The number of benzene rings is 1. The lowest BCUT2D eigenvalue weighted by Gasteiger charge is -2.16. The summed E-state index contributed by atoms with van der Waals surface area (Å²) in [4.78, 5) is 0.375. The second kappa shape index (κ2) is 7.24. The molecule has 2 rings (SSSR count). The summed E-state index contributed by atoms with van der Waals surface area (Å²) in [5.41, 5.74) is 4.57. The van der Waals surface area contributed by atoms with Crippen molar-refractivity contribution in [2.45, 2.75) is 45.9 Å². The van der Waals surface area contributed by atoms with Crippen molar-refractivity contribution in [1.29, 1.82) is 0 Å². The normalized spacial score (nSPS) is 21.3. The molecule has 1 heterocycles. The first kappa shape index (κ1) is 18.9. The van der Waals surface area contributed by atoms with Gasteiger partial charge in [0.15, 0.2) is 0 Å². The molecule has 4 heteroatoms. The van der Waals surface area contributed by atoms with E-state index in [0.717, 1.165) is 17.6 Å². The van der Waals surface area contributed by atoms with Crippen LogP contribution in [0.4, 0.5) is 0 Å². The smallest absolute Gasteiger partial charge is 0.207 e. The van der Waals surface area contributed by atoms with Gasteiger partial charge in [0.05, 0.1) is 4.90 Å². The largest absolute Gasteiger partial charge is 0.243 e. The minimum Gasteiger partial charge on any atom is -0.207 e. The molecule has 0 bridgehead atoms. The summed E-state index contributed by atoms with van der Waals surface area (Å²) in [6.45, 7) is 15.7. The summed E-state index contributed by atoms with van der Waals surface area (Å²) in [5, 5.41) is 0. The van der Waals surface area contributed by atoms with Crippen LogP contribution in [0.5, 0.6) is 0 Å². The topological polar surface area (TPSA) is 37.4 Å². The van der Waals surface area contributed by atoms with Crippen LogP contribution < -0.4 is 0 Å². The van der Waals surface area contributed by atoms with Gasteiger partial charge in [0, 0.05) is 13.1 Å². The molecule has 1 fully saturated rings. The second-order valence-electron chi connectivity index (χ2n) is 7.36. The lowest BCUT2D eigenvalue weighted by atomic mass is 9.91. The van der Waals surface area contributed by atoms with E-state index in [2.05, 4.69) is 34.3 Å². The first-order chi connectivity index (χ1) is 11.1. The number of allylic oxidation sites excluding steroid dienone is 2. The molecule has 0 radical (unpaired) electrons. The Morgan fingerprint density at radius 2 is 1.88 bits per heavy atom. The Labute approximate surface area is 147 Å². The summed E-state index contributed by atoms with van der Waals surface area (Å²) >= 11 is 0. The van der Waals surface area contributed by atoms with Gasteiger partial charge in [0.2, 0.25) is 10.0 Å². The third kappa shape index (κ3) is 3.98. The zero-order chi connectivity index (χ0) is 18.1. The van der Waals surface area contributed by atoms with Gasteiger partial charge in [-0.25, -0.2) is 8.42 Å². The van der Waals surface area contributed by atoms with E-state index in [4.69, 9.17) is 0 Å². The van der Waals surface area contributed by atoms with Gasteiger partial charge in [0.25, 0.3) is 0 Å². The van der Waals surface area contributed by atoms with Gasteiger partial charge in [0.1, 0.15) is 0 Å². The van der Waals surface area contributed by atoms with E-state index < -0.39 is 10.0 Å². The van der Waals surface area contributed by atoms with Crippen LogP contribution in [-0.4, -0.2) is 25.8 Å². The van der Waals surface area contributed by atoms with E-state index in [9.17, 15) is 8.42 Å². The molecule has 1 aliphatic rings. The van der Waals surface area contributed by atoms with E-state index in [1.54, 1.807) is 16.4 Å². The Morgan fingerprint density at radius 3 is 2.42 bits per heavy atom. The standard InChI is InChI=1S/C20H29NO2S/c1-14(2)11-16(4)18(6)20-13-21(12-17(20)5)24(22,23)19-9-7-15(3)8-10-19/h7-10,14,17H,4,11-13H2,1-3,5-6H3/b20-18-. The van der Waals surface area contributed by atoms with Crippen LogP contribution in [0, 0.1) is 18.8 Å². The van der Waals surface area contributed by atoms with Crippen molar-refractivity contribution in [3.05, 3.63) is 53.1 Å². The third-order valence-corrected chi connectivity index (χ3v) is 6.57. The van der Waals surface area contributed by atoms with Crippen LogP contribution in [0.25, 0.3) is 0 Å². The van der Waals surface area contributed by atoms with Gasteiger partial charge >= 0.3 is 0 Å². The molecule has 1 aliphatic heterocycles. The molecular formula is C20H29NO2S. The minimum atomic E-state index is -3.43. The van der Waals surface area contributed by atoms with E-state index in [1.165, 1.54) is 11.1 Å². The molecule has 3 nitrogen and oxygen atoms in total. The monoisotopic (exact) mass is 347 g/mol. The first-order valence-electron chi connectivity index (χ1n) is 8.57. The molecule has 1 atom stereocenters.